The molecule has 0 rings (SSSR count). The van der Waals surface area contributed by atoms with Crippen molar-refractivity contribution in [2.45, 2.75) is 52.9 Å². The topological polar surface area (TPSA) is 26.3 Å². The van der Waals surface area contributed by atoms with E-state index in [0.29, 0.717) is 18.1 Å². The number of ketones is 1. The molecule has 0 N–H and O–H groups in total. The first-order valence-corrected chi connectivity index (χ1v) is 6.14. The second-order valence-electron chi connectivity index (χ2n) is 4.00. The van der Waals surface area contributed by atoms with E-state index in [1.54, 1.807) is 6.92 Å². The molecule has 1 unspecified atom stereocenters. The number of Topliss-reactive ketones (excluding diaryl/α,β-unsaturated/α-hetero) is 1. The Labute approximate surface area is 98.4 Å². The van der Waals surface area contributed by atoms with E-state index in [1.807, 2.05) is 6.92 Å². The van der Waals surface area contributed by atoms with Gasteiger partial charge in [0.25, 0.3) is 0 Å². The zero-order valence-corrected chi connectivity index (χ0v) is 10.9. The molecule has 0 radical (unpaired) electrons. The van der Waals surface area contributed by atoms with Crippen molar-refractivity contribution in [1.82, 2.24) is 0 Å². The molecular formula is C12H22O2S. The van der Waals surface area contributed by atoms with Gasteiger partial charge in [0, 0.05) is 12.3 Å². The lowest BCUT2D eigenvalue weighted by Crippen LogP contribution is -2.13. The van der Waals surface area contributed by atoms with E-state index in [0.717, 1.165) is 6.42 Å². The van der Waals surface area contributed by atoms with Gasteiger partial charge >= 0.3 is 0 Å². The number of ether oxygens (including phenoxy) is 1. The first kappa shape index (κ1) is 14.6. The fourth-order valence-corrected chi connectivity index (χ4v) is 1.50. The van der Waals surface area contributed by atoms with Gasteiger partial charge in [0.15, 0.2) is 5.05 Å². The summed E-state index contributed by atoms with van der Waals surface area (Å²) in [6.07, 6.45) is 5.31. The van der Waals surface area contributed by atoms with Crippen LogP contribution in [0.15, 0.2) is 0 Å². The van der Waals surface area contributed by atoms with E-state index in [-0.39, 0.29) is 11.7 Å². The Bertz CT molecular complexity index is 202. The molecule has 0 saturated carbocycles. The van der Waals surface area contributed by atoms with Crippen LogP contribution in [-0.2, 0) is 9.53 Å². The van der Waals surface area contributed by atoms with E-state index in [9.17, 15) is 4.79 Å². The number of hydrogen-bond donors (Lipinski definition) is 0. The Morgan fingerprint density at radius 2 is 2.00 bits per heavy atom. The molecule has 0 amide bonds. The quantitative estimate of drug-likeness (QED) is 0.471. The van der Waals surface area contributed by atoms with Crippen LogP contribution < -0.4 is 0 Å². The molecule has 0 aromatic heterocycles. The third-order valence-corrected chi connectivity index (χ3v) is 2.71. The number of carbonyl (C=O) groups is 1. The summed E-state index contributed by atoms with van der Waals surface area (Å²) in [5.41, 5.74) is 0. The summed E-state index contributed by atoms with van der Waals surface area (Å²) < 4.78 is 5.39. The fourth-order valence-electron chi connectivity index (χ4n) is 1.17. The maximum Gasteiger partial charge on any atom is 0.160 e. The van der Waals surface area contributed by atoms with Gasteiger partial charge in [-0.3, -0.25) is 4.79 Å². The van der Waals surface area contributed by atoms with Crippen molar-refractivity contribution in [2.75, 3.05) is 6.61 Å². The van der Waals surface area contributed by atoms with Crippen LogP contribution in [0.3, 0.4) is 0 Å². The minimum Gasteiger partial charge on any atom is -0.487 e. The second-order valence-corrected chi connectivity index (χ2v) is 4.45. The van der Waals surface area contributed by atoms with Crippen molar-refractivity contribution in [2.24, 2.45) is 5.92 Å². The van der Waals surface area contributed by atoms with Gasteiger partial charge < -0.3 is 4.74 Å². The Hall–Kier alpha value is -0.440. The molecule has 0 saturated heterocycles. The lowest BCUT2D eigenvalue weighted by atomic mass is 10.1. The van der Waals surface area contributed by atoms with Gasteiger partial charge in [0.2, 0.25) is 0 Å². The first-order valence-electron chi connectivity index (χ1n) is 5.74. The molecule has 0 aliphatic heterocycles. The summed E-state index contributed by atoms with van der Waals surface area (Å²) in [7, 11) is 0. The average molecular weight is 230 g/mol. The monoisotopic (exact) mass is 230 g/mol. The van der Waals surface area contributed by atoms with Gasteiger partial charge in [-0.2, -0.15) is 0 Å². The maximum absolute atomic E-state index is 11.0. The Morgan fingerprint density at radius 3 is 2.53 bits per heavy atom. The van der Waals surface area contributed by atoms with Gasteiger partial charge in [-0.05, 0) is 25.6 Å². The molecule has 2 nitrogen and oxygen atoms in total. The van der Waals surface area contributed by atoms with Gasteiger partial charge in [-0.15, -0.1) is 0 Å². The summed E-state index contributed by atoms with van der Waals surface area (Å²) in [4.78, 5) is 11.0. The van der Waals surface area contributed by atoms with Crippen LogP contribution in [0.2, 0.25) is 0 Å². The maximum atomic E-state index is 11.0. The highest BCUT2D eigenvalue weighted by molar-refractivity contribution is 7.80. The molecule has 0 aromatic carbocycles. The number of hydrogen-bond acceptors (Lipinski definition) is 3. The van der Waals surface area contributed by atoms with E-state index >= 15 is 0 Å². The summed E-state index contributed by atoms with van der Waals surface area (Å²) >= 11 is 5.05. The van der Waals surface area contributed by atoms with Crippen LogP contribution in [0.25, 0.3) is 0 Å². The summed E-state index contributed by atoms with van der Waals surface area (Å²) in [6, 6.07) is 0. The van der Waals surface area contributed by atoms with Crippen molar-refractivity contribution in [3.05, 3.63) is 0 Å². The summed E-state index contributed by atoms with van der Waals surface area (Å²) in [5, 5.41) is 0.578. The van der Waals surface area contributed by atoms with E-state index < -0.39 is 0 Å². The Morgan fingerprint density at radius 1 is 1.33 bits per heavy atom. The van der Waals surface area contributed by atoms with Crippen molar-refractivity contribution in [3.63, 3.8) is 0 Å². The lowest BCUT2D eigenvalue weighted by Gasteiger charge is -2.10. The highest BCUT2D eigenvalue weighted by Gasteiger charge is 2.10. The van der Waals surface area contributed by atoms with Crippen molar-refractivity contribution in [3.8, 4) is 0 Å². The molecule has 88 valence electrons. The summed E-state index contributed by atoms with van der Waals surface area (Å²) in [5.74, 6) is 0.167. The zero-order valence-electron chi connectivity index (χ0n) is 10.0. The van der Waals surface area contributed by atoms with Crippen LogP contribution in [0, 0.1) is 5.92 Å². The van der Waals surface area contributed by atoms with Gasteiger partial charge in [-0.25, -0.2) is 0 Å². The van der Waals surface area contributed by atoms with Crippen molar-refractivity contribution < 1.29 is 9.53 Å². The number of rotatable bonds is 8. The van der Waals surface area contributed by atoms with Crippen molar-refractivity contribution in [1.29, 1.82) is 0 Å². The van der Waals surface area contributed by atoms with Crippen LogP contribution in [0.4, 0.5) is 0 Å². The van der Waals surface area contributed by atoms with Gasteiger partial charge in [-0.1, -0.05) is 33.1 Å². The molecule has 3 heteroatoms. The van der Waals surface area contributed by atoms with Crippen molar-refractivity contribution >= 4 is 23.1 Å². The highest BCUT2D eigenvalue weighted by Crippen LogP contribution is 2.07. The third kappa shape index (κ3) is 8.55. The minimum atomic E-state index is -0.00635. The number of unbranched alkanes of at least 4 members (excludes halogenated alkanes) is 3. The zero-order chi connectivity index (χ0) is 11.7. The smallest absolute Gasteiger partial charge is 0.160 e. The van der Waals surface area contributed by atoms with Crippen LogP contribution in [0.1, 0.15) is 52.9 Å². The standard InChI is InChI=1S/C12H22O2S/c1-4-5-6-7-8-14-12(15)9-10(2)11(3)13/h10H,4-9H2,1-3H3. The van der Waals surface area contributed by atoms with Gasteiger partial charge in [0.1, 0.15) is 5.78 Å². The molecule has 15 heavy (non-hydrogen) atoms. The average Bonchev–Trinajstić information content (AvgIpc) is 2.17. The number of thiocarbonyl (C=S) groups is 1. The SMILES string of the molecule is CCCCCCOC(=S)CC(C)C(C)=O. The lowest BCUT2D eigenvalue weighted by molar-refractivity contribution is -0.120. The normalized spacial score (nSPS) is 12.2. The predicted octanol–water partition coefficient (Wildman–Crippen LogP) is 3.53. The van der Waals surface area contributed by atoms with E-state index in [2.05, 4.69) is 6.92 Å². The fraction of sp³-hybridized carbons (Fsp3) is 0.833. The number of carbonyl (C=O) groups excluding carboxylic acids is 1. The first-order chi connectivity index (χ1) is 7.07. The van der Waals surface area contributed by atoms with Gasteiger partial charge in [0.05, 0.1) is 6.61 Å². The predicted molar refractivity (Wildman–Crippen MR) is 67.2 cm³/mol. The molecule has 0 aliphatic carbocycles. The summed E-state index contributed by atoms with van der Waals surface area (Å²) in [6.45, 7) is 6.35. The minimum absolute atomic E-state index is 0.00635. The molecule has 0 heterocycles. The Balaban J connectivity index is 3.45. The second kappa shape index (κ2) is 8.84. The molecule has 0 fully saturated rings. The molecule has 0 spiro atoms. The van der Waals surface area contributed by atoms with Crippen LogP contribution in [0.5, 0.6) is 0 Å². The molecule has 0 bridgehead atoms. The Kier molecular flexibility index (Phi) is 8.58. The highest BCUT2D eigenvalue weighted by atomic mass is 32.1. The molecule has 0 aromatic rings. The molecular weight excluding hydrogens is 208 g/mol. The molecule has 0 aliphatic rings. The van der Waals surface area contributed by atoms with Crippen LogP contribution in [-0.4, -0.2) is 17.4 Å². The van der Waals surface area contributed by atoms with E-state index in [4.69, 9.17) is 17.0 Å². The third-order valence-electron chi connectivity index (χ3n) is 2.43. The van der Waals surface area contributed by atoms with Crippen LogP contribution >= 0.6 is 12.2 Å². The molecule has 1 atom stereocenters. The largest absolute Gasteiger partial charge is 0.487 e. The van der Waals surface area contributed by atoms with E-state index in [1.165, 1.54) is 19.3 Å².